The number of benzene rings is 1. The van der Waals surface area contributed by atoms with Crippen molar-refractivity contribution in [3.05, 3.63) is 29.3 Å². The van der Waals surface area contributed by atoms with E-state index in [9.17, 15) is 9.90 Å². The zero-order chi connectivity index (χ0) is 9.84. The van der Waals surface area contributed by atoms with E-state index in [0.29, 0.717) is 0 Å². The summed E-state index contributed by atoms with van der Waals surface area (Å²) in [5, 5.41) is 9.37. The zero-order valence-electron chi connectivity index (χ0n) is 7.50. The van der Waals surface area contributed by atoms with E-state index in [1.165, 1.54) is 13.2 Å². The van der Waals surface area contributed by atoms with Crippen molar-refractivity contribution in [3.8, 4) is 5.75 Å². The van der Waals surface area contributed by atoms with Crippen LogP contribution in [0.25, 0.3) is 0 Å². The van der Waals surface area contributed by atoms with Gasteiger partial charge in [-0.25, -0.2) is 5.48 Å². The monoisotopic (exact) mass is 181 g/mol. The van der Waals surface area contributed by atoms with Gasteiger partial charge in [0, 0.05) is 0 Å². The Bertz CT molecular complexity index is 323. The van der Waals surface area contributed by atoms with Crippen molar-refractivity contribution >= 4 is 5.91 Å². The number of phenols is 1. The maximum atomic E-state index is 11.2. The molecule has 0 heterocycles. The molecular weight excluding hydrogens is 170 g/mol. The minimum absolute atomic E-state index is 0.0467. The third kappa shape index (κ3) is 2.19. The van der Waals surface area contributed by atoms with Gasteiger partial charge in [-0.1, -0.05) is 6.07 Å². The highest BCUT2D eigenvalue weighted by atomic mass is 16.6. The first-order valence-corrected chi connectivity index (χ1v) is 3.78. The van der Waals surface area contributed by atoms with Crippen molar-refractivity contribution in [2.24, 2.45) is 0 Å². The number of hydrogen-bond donors (Lipinski definition) is 2. The van der Waals surface area contributed by atoms with Gasteiger partial charge < -0.3 is 5.11 Å². The quantitative estimate of drug-likeness (QED) is 0.669. The maximum Gasteiger partial charge on any atom is 0.278 e. The van der Waals surface area contributed by atoms with Crippen LogP contribution in [0.4, 0.5) is 0 Å². The molecule has 4 nitrogen and oxygen atoms in total. The Kier molecular flexibility index (Phi) is 2.87. The highest BCUT2D eigenvalue weighted by Crippen LogP contribution is 2.17. The van der Waals surface area contributed by atoms with Gasteiger partial charge in [-0.2, -0.15) is 0 Å². The molecular formula is C9H11NO3. The van der Waals surface area contributed by atoms with E-state index < -0.39 is 5.91 Å². The largest absolute Gasteiger partial charge is 0.507 e. The third-order valence-electron chi connectivity index (χ3n) is 1.59. The second-order valence-electron chi connectivity index (χ2n) is 2.66. The van der Waals surface area contributed by atoms with Crippen LogP contribution in [-0.4, -0.2) is 18.1 Å². The average molecular weight is 181 g/mol. The van der Waals surface area contributed by atoms with E-state index in [0.717, 1.165) is 5.56 Å². The van der Waals surface area contributed by atoms with Gasteiger partial charge in [0.1, 0.15) is 5.75 Å². The molecule has 0 radical (unpaired) electrons. The minimum Gasteiger partial charge on any atom is -0.507 e. The Morgan fingerprint density at radius 2 is 2.23 bits per heavy atom. The summed E-state index contributed by atoms with van der Waals surface area (Å²) in [6.07, 6.45) is 0. The van der Waals surface area contributed by atoms with E-state index >= 15 is 0 Å². The molecule has 1 aromatic carbocycles. The smallest absolute Gasteiger partial charge is 0.278 e. The number of aryl methyl sites for hydroxylation is 1. The van der Waals surface area contributed by atoms with Crippen molar-refractivity contribution in [2.75, 3.05) is 7.11 Å². The van der Waals surface area contributed by atoms with Crippen LogP contribution in [0.5, 0.6) is 5.75 Å². The molecule has 0 unspecified atom stereocenters. The fourth-order valence-electron chi connectivity index (χ4n) is 0.981. The molecule has 1 rings (SSSR count). The first-order valence-electron chi connectivity index (χ1n) is 3.78. The van der Waals surface area contributed by atoms with Crippen LogP contribution in [0.2, 0.25) is 0 Å². The molecule has 1 aromatic rings. The summed E-state index contributed by atoms with van der Waals surface area (Å²) < 4.78 is 0. The number of rotatable bonds is 2. The van der Waals surface area contributed by atoms with E-state index in [1.54, 1.807) is 12.1 Å². The van der Waals surface area contributed by atoms with Crippen LogP contribution in [0, 0.1) is 6.92 Å². The first-order chi connectivity index (χ1) is 6.15. The summed E-state index contributed by atoms with van der Waals surface area (Å²) in [6.45, 7) is 1.83. The van der Waals surface area contributed by atoms with Crippen LogP contribution in [0.15, 0.2) is 18.2 Å². The molecule has 1 amide bonds. The molecule has 0 saturated heterocycles. The molecule has 0 bridgehead atoms. The van der Waals surface area contributed by atoms with Crippen LogP contribution in [-0.2, 0) is 4.84 Å². The molecule has 2 N–H and O–H groups in total. The predicted molar refractivity (Wildman–Crippen MR) is 47.3 cm³/mol. The Morgan fingerprint density at radius 3 is 2.77 bits per heavy atom. The second-order valence-corrected chi connectivity index (χ2v) is 2.66. The molecule has 4 heteroatoms. The lowest BCUT2D eigenvalue weighted by atomic mass is 10.1. The highest BCUT2D eigenvalue weighted by molar-refractivity contribution is 5.96. The summed E-state index contributed by atoms with van der Waals surface area (Å²) in [6, 6.07) is 4.80. The molecule has 0 aliphatic heterocycles. The number of aromatic hydroxyl groups is 1. The molecule has 0 aliphatic rings. The highest BCUT2D eigenvalue weighted by Gasteiger charge is 2.09. The van der Waals surface area contributed by atoms with Crippen molar-refractivity contribution in [1.29, 1.82) is 0 Å². The van der Waals surface area contributed by atoms with Gasteiger partial charge in [0.25, 0.3) is 5.91 Å². The summed E-state index contributed by atoms with van der Waals surface area (Å²) in [5.74, 6) is -0.505. The number of hydrogen-bond acceptors (Lipinski definition) is 3. The fraction of sp³-hybridized carbons (Fsp3) is 0.222. The summed E-state index contributed by atoms with van der Waals surface area (Å²) in [5.41, 5.74) is 3.22. The third-order valence-corrected chi connectivity index (χ3v) is 1.59. The molecule has 0 aromatic heterocycles. The van der Waals surface area contributed by atoms with Crippen LogP contribution < -0.4 is 5.48 Å². The molecule has 0 atom stereocenters. The molecule has 0 fully saturated rings. The van der Waals surface area contributed by atoms with E-state index in [4.69, 9.17) is 0 Å². The zero-order valence-corrected chi connectivity index (χ0v) is 7.50. The number of carbonyl (C=O) groups is 1. The SMILES string of the molecule is CONC(=O)c1ccc(C)cc1O. The average Bonchev–Trinajstić information content (AvgIpc) is 2.04. The van der Waals surface area contributed by atoms with E-state index in [1.807, 2.05) is 6.92 Å². The van der Waals surface area contributed by atoms with Gasteiger partial charge >= 0.3 is 0 Å². The van der Waals surface area contributed by atoms with Crippen molar-refractivity contribution in [3.63, 3.8) is 0 Å². The molecule has 0 saturated carbocycles. The van der Waals surface area contributed by atoms with Crippen molar-refractivity contribution in [1.82, 2.24) is 5.48 Å². The Hall–Kier alpha value is -1.55. The van der Waals surface area contributed by atoms with Gasteiger partial charge in [-0.3, -0.25) is 9.63 Å². The number of amides is 1. The molecule has 0 spiro atoms. The number of carbonyl (C=O) groups excluding carboxylic acids is 1. The Morgan fingerprint density at radius 1 is 1.54 bits per heavy atom. The Labute approximate surface area is 76.1 Å². The summed E-state index contributed by atoms with van der Waals surface area (Å²) in [4.78, 5) is 15.6. The number of hydroxylamine groups is 1. The van der Waals surface area contributed by atoms with Gasteiger partial charge in [0.2, 0.25) is 0 Å². The van der Waals surface area contributed by atoms with Crippen LogP contribution in [0.3, 0.4) is 0 Å². The molecule has 0 aliphatic carbocycles. The fourth-order valence-corrected chi connectivity index (χ4v) is 0.981. The predicted octanol–water partition coefficient (Wildman–Crippen LogP) is 0.992. The van der Waals surface area contributed by atoms with E-state index in [2.05, 4.69) is 10.3 Å². The second kappa shape index (κ2) is 3.91. The molecule has 13 heavy (non-hydrogen) atoms. The van der Waals surface area contributed by atoms with Gasteiger partial charge in [0.15, 0.2) is 0 Å². The van der Waals surface area contributed by atoms with Crippen molar-refractivity contribution < 1.29 is 14.7 Å². The van der Waals surface area contributed by atoms with E-state index in [-0.39, 0.29) is 11.3 Å². The summed E-state index contributed by atoms with van der Waals surface area (Å²) in [7, 11) is 1.34. The minimum atomic E-state index is -0.458. The normalized spacial score (nSPS) is 9.69. The van der Waals surface area contributed by atoms with Crippen LogP contribution >= 0.6 is 0 Å². The first kappa shape index (κ1) is 9.54. The van der Waals surface area contributed by atoms with Crippen LogP contribution in [0.1, 0.15) is 15.9 Å². The number of phenolic OH excluding ortho intramolecular Hbond substituents is 1. The Balaban J connectivity index is 2.95. The van der Waals surface area contributed by atoms with Crippen molar-refractivity contribution in [2.45, 2.75) is 6.92 Å². The van der Waals surface area contributed by atoms with Gasteiger partial charge in [0.05, 0.1) is 12.7 Å². The lowest BCUT2D eigenvalue weighted by Crippen LogP contribution is -2.21. The topological polar surface area (TPSA) is 58.6 Å². The maximum absolute atomic E-state index is 11.2. The lowest BCUT2D eigenvalue weighted by molar-refractivity contribution is 0.0535. The van der Waals surface area contributed by atoms with Gasteiger partial charge in [-0.15, -0.1) is 0 Å². The lowest BCUT2D eigenvalue weighted by Gasteiger charge is -2.04. The summed E-state index contributed by atoms with van der Waals surface area (Å²) >= 11 is 0. The molecule has 70 valence electrons. The standard InChI is InChI=1S/C9H11NO3/c1-6-3-4-7(8(11)5-6)9(12)10-13-2/h3-5,11H,1-2H3,(H,10,12). The van der Waals surface area contributed by atoms with Gasteiger partial charge in [-0.05, 0) is 24.6 Å². The number of nitrogens with one attached hydrogen (secondary N) is 1.